The summed E-state index contributed by atoms with van der Waals surface area (Å²) in [6.45, 7) is 1.17. The molecule has 0 aliphatic heterocycles. The first-order valence-electron chi connectivity index (χ1n) is 5.28. The molecule has 0 atom stereocenters. The van der Waals surface area contributed by atoms with Crippen LogP contribution in [0.5, 0.6) is 0 Å². The van der Waals surface area contributed by atoms with E-state index >= 15 is 0 Å². The van der Waals surface area contributed by atoms with Crippen LogP contribution in [0.25, 0.3) is 0 Å². The highest BCUT2D eigenvalue weighted by Crippen LogP contribution is 2.10. The van der Waals surface area contributed by atoms with Gasteiger partial charge in [-0.1, -0.05) is 35.9 Å². The van der Waals surface area contributed by atoms with Crippen molar-refractivity contribution < 1.29 is 0 Å². The molecule has 17 heavy (non-hydrogen) atoms. The Morgan fingerprint density at radius 3 is 2.41 bits per heavy atom. The van der Waals surface area contributed by atoms with E-state index in [1.54, 1.807) is 12.4 Å². The molecule has 88 valence electrons. The van der Waals surface area contributed by atoms with E-state index in [-0.39, 0.29) is 0 Å². The van der Waals surface area contributed by atoms with Gasteiger partial charge in [0.25, 0.3) is 0 Å². The van der Waals surface area contributed by atoms with Gasteiger partial charge < -0.3 is 11.1 Å². The van der Waals surface area contributed by atoms with E-state index in [1.165, 1.54) is 0 Å². The van der Waals surface area contributed by atoms with Gasteiger partial charge in [0.15, 0.2) is 0 Å². The van der Waals surface area contributed by atoms with Gasteiger partial charge in [-0.3, -0.25) is 0 Å². The summed E-state index contributed by atoms with van der Waals surface area (Å²) in [5.41, 5.74) is 7.93. The lowest BCUT2D eigenvalue weighted by Gasteiger charge is -2.08. The Balaban J connectivity index is 2.04. The number of nitrogens with two attached hydrogens (primary N) is 1. The number of hydrogen-bond donors (Lipinski definition) is 2. The first-order chi connectivity index (χ1) is 8.29. The molecule has 2 rings (SSSR count). The summed E-state index contributed by atoms with van der Waals surface area (Å²) in [6.07, 6.45) is 3.12. The molecule has 0 saturated heterocycles. The van der Waals surface area contributed by atoms with Gasteiger partial charge in [-0.05, 0) is 11.1 Å². The van der Waals surface area contributed by atoms with Crippen molar-refractivity contribution in [2.45, 2.75) is 13.1 Å². The zero-order chi connectivity index (χ0) is 12.1. The lowest BCUT2D eigenvalue weighted by molar-refractivity contribution is 0.989. The fraction of sp³-hybridized carbons (Fsp3) is 0.167. The zero-order valence-corrected chi connectivity index (χ0v) is 9.98. The monoisotopic (exact) mass is 248 g/mol. The fourth-order valence-corrected chi connectivity index (χ4v) is 1.60. The molecule has 3 N–H and O–H groups in total. The summed E-state index contributed by atoms with van der Waals surface area (Å²) < 4.78 is 0. The van der Waals surface area contributed by atoms with Gasteiger partial charge in [0, 0.05) is 13.1 Å². The summed E-state index contributed by atoms with van der Waals surface area (Å²) in [4.78, 5) is 8.13. The normalized spacial score (nSPS) is 10.2. The summed E-state index contributed by atoms with van der Waals surface area (Å²) >= 11 is 5.71. The van der Waals surface area contributed by atoms with Crippen LogP contribution in [0, 0.1) is 0 Å². The molecule has 0 spiro atoms. The van der Waals surface area contributed by atoms with Gasteiger partial charge in [-0.2, -0.15) is 0 Å². The molecule has 1 aromatic carbocycles. The van der Waals surface area contributed by atoms with Crippen LogP contribution < -0.4 is 11.1 Å². The smallest absolute Gasteiger partial charge is 0.222 e. The second kappa shape index (κ2) is 5.61. The number of anilines is 1. The first kappa shape index (κ1) is 11.8. The number of hydrogen-bond acceptors (Lipinski definition) is 4. The van der Waals surface area contributed by atoms with Crippen LogP contribution in [0.2, 0.25) is 5.02 Å². The highest BCUT2D eigenvalue weighted by molar-refractivity contribution is 6.30. The van der Waals surface area contributed by atoms with Crippen molar-refractivity contribution in [1.29, 1.82) is 0 Å². The van der Waals surface area contributed by atoms with E-state index in [0.29, 0.717) is 24.1 Å². The Morgan fingerprint density at radius 1 is 1.12 bits per heavy atom. The van der Waals surface area contributed by atoms with Crippen molar-refractivity contribution >= 4 is 17.5 Å². The second-order valence-electron chi connectivity index (χ2n) is 3.55. The van der Waals surface area contributed by atoms with Crippen LogP contribution >= 0.6 is 11.6 Å². The molecule has 2 aromatic rings. The van der Waals surface area contributed by atoms with Crippen molar-refractivity contribution in [3.05, 3.63) is 52.8 Å². The molecule has 5 heteroatoms. The van der Waals surface area contributed by atoms with E-state index in [9.17, 15) is 0 Å². The molecule has 0 bridgehead atoms. The maximum atomic E-state index is 5.71. The standard InChI is InChI=1S/C12H13ClN4/c13-11-7-16-12(17-8-11)15-6-10-4-2-1-3-9(10)5-14/h1-4,7-8H,5-6,14H2,(H,15,16,17). The molecule has 0 fully saturated rings. The minimum Gasteiger partial charge on any atom is -0.350 e. The number of nitrogens with zero attached hydrogens (tertiary/aromatic N) is 2. The van der Waals surface area contributed by atoms with E-state index in [1.807, 2.05) is 24.3 Å². The Bertz CT molecular complexity index is 484. The van der Waals surface area contributed by atoms with Gasteiger partial charge in [-0.15, -0.1) is 0 Å². The van der Waals surface area contributed by atoms with Crippen molar-refractivity contribution in [3.8, 4) is 0 Å². The minimum atomic E-state index is 0.526. The fourth-order valence-electron chi connectivity index (χ4n) is 1.51. The van der Waals surface area contributed by atoms with E-state index in [4.69, 9.17) is 17.3 Å². The summed E-state index contributed by atoms with van der Waals surface area (Å²) in [5, 5.41) is 3.65. The molecule has 1 aromatic heterocycles. The maximum absolute atomic E-state index is 5.71. The van der Waals surface area contributed by atoms with Crippen LogP contribution in [0.3, 0.4) is 0 Å². The van der Waals surface area contributed by atoms with Gasteiger partial charge >= 0.3 is 0 Å². The van der Waals surface area contributed by atoms with E-state index in [0.717, 1.165) is 11.1 Å². The zero-order valence-electron chi connectivity index (χ0n) is 9.23. The Hall–Kier alpha value is -1.65. The molecule has 0 unspecified atom stereocenters. The van der Waals surface area contributed by atoms with E-state index in [2.05, 4.69) is 15.3 Å². The van der Waals surface area contributed by atoms with Crippen LogP contribution in [-0.2, 0) is 13.1 Å². The van der Waals surface area contributed by atoms with Crippen LogP contribution in [0.4, 0.5) is 5.95 Å². The maximum Gasteiger partial charge on any atom is 0.222 e. The van der Waals surface area contributed by atoms with Crippen molar-refractivity contribution in [3.63, 3.8) is 0 Å². The topological polar surface area (TPSA) is 63.8 Å². The molecule has 0 radical (unpaired) electrons. The SMILES string of the molecule is NCc1ccccc1CNc1ncc(Cl)cn1. The predicted octanol–water partition coefficient (Wildman–Crippen LogP) is 2.20. The molecular formula is C12H13ClN4. The molecule has 4 nitrogen and oxygen atoms in total. The number of rotatable bonds is 4. The summed E-state index contributed by atoms with van der Waals surface area (Å²) in [7, 11) is 0. The van der Waals surface area contributed by atoms with Gasteiger partial charge in [-0.25, -0.2) is 9.97 Å². The third kappa shape index (κ3) is 3.15. The van der Waals surface area contributed by atoms with Crippen LogP contribution in [0.1, 0.15) is 11.1 Å². The van der Waals surface area contributed by atoms with Gasteiger partial charge in [0.05, 0.1) is 17.4 Å². The first-order valence-corrected chi connectivity index (χ1v) is 5.65. The molecule has 0 saturated carbocycles. The molecule has 0 aliphatic carbocycles. The highest BCUT2D eigenvalue weighted by atomic mass is 35.5. The lowest BCUT2D eigenvalue weighted by atomic mass is 10.1. The molecular weight excluding hydrogens is 236 g/mol. The Labute approximate surface area is 105 Å². The minimum absolute atomic E-state index is 0.526. The molecule has 1 heterocycles. The quantitative estimate of drug-likeness (QED) is 0.871. The molecule has 0 amide bonds. The van der Waals surface area contributed by atoms with Crippen molar-refractivity contribution in [1.82, 2.24) is 9.97 Å². The van der Waals surface area contributed by atoms with E-state index < -0.39 is 0 Å². The van der Waals surface area contributed by atoms with Gasteiger partial charge in [0.2, 0.25) is 5.95 Å². The third-order valence-corrected chi connectivity index (χ3v) is 2.59. The Kier molecular flexibility index (Phi) is 3.90. The predicted molar refractivity (Wildman–Crippen MR) is 68.7 cm³/mol. The van der Waals surface area contributed by atoms with Crippen LogP contribution in [-0.4, -0.2) is 9.97 Å². The number of aromatic nitrogens is 2. The lowest BCUT2D eigenvalue weighted by Crippen LogP contribution is -2.07. The largest absolute Gasteiger partial charge is 0.350 e. The van der Waals surface area contributed by atoms with Crippen molar-refractivity contribution in [2.24, 2.45) is 5.73 Å². The summed E-state index contributed by atoms with van der Waals surface area (Å²) in [6, 6.07) is 8.01. The average molecular weight is 249 g/mol. The number of benzene rings is 1. The third-order valence-electron chi connectivity index (χ3n) is 2.40. The number of halogens is 1. The van der Waals surface area contributed by atoms with Crippen LogP contribution in [0.15, 0.2) is 36.7 Å². The Morgan fingerprint density at radius 2 is 1.76 bits per heavy atom. The second-order valence-corrected chi connectivity index (χ2v) is 3.99. The highest BCUT2D eigenvalue weighted by Gasteiger charge is 2.01. The van der Waals surface area contributed by atoms with Crippen molar-refractivity contribution in [2.75, 3.05) is 5.32 Å². The summed E-state index contributed by atoms with van der Waals surface area (Å²) in [5.74, 6) is 0.557. The molecule has 0 aliphatic rings. The number of nitrogens with one attached hydrogen (secondary N) is 1. The van der Waals surface area contributed by atoms with Gasteiger partial charge in [0.1, 0.15) is 0 Å². The average Bonchev–Trinajstić information content (AvgIpc) is 2.38.